The lowest BCUT2D eigenvalue weighted by atomic mass is 10.1. The minimum Gasteiger partial charge on any atom is -0.368 e. The molecule has 0 unspecified atom stereocenters. The van der Waals surface area contributed by atoms with Gasteiger partial charge in [-0.25, -0.2) is 19.7 Å². The molecule has 4 rings (SSSR count). The molecule has 0 saturated carbocycles. The van der Waals surface area contributed by atoms with Gasteiger partial charge in [0.25, 0.3) is 0 Å². The summed E-state index contributed by atoms with van der Waals surface area (Å²) in [6.45, 7) is 0.502. The van der Waals surface area contributed by atoms with E-state index >= 15 is 0 Å². The summed E-state index contributed by atoms with van der Waals surface area (Å²) >= 11 is 2.61. The van der Waals surface area contributed by atoms with Gasteiger partial charge in [0.1, 0.15) is 12.1 Å². The first-order chi connectivity index (χ1) is 16.5. The van der Waals surface area contributed by atoms with Crippen molar-refractivity contribution in [1.82, 2.24) is 15.0 Å². The van der Waals surface area contributed by atoms with Crippen LogP contribution in [0.25, 0.3) is 10.2 Å². The third kappa shape index (κ3) is 6.16. The first-order valence-electron chi connectivity index (χ1n) is 9.73. The highest BCUT2D eigenvalue weighted by atomic mass is 32.1. The van der Waals surface area contributed by atoms with Gasteiger partial charge in [-0.3, -0.25) is 5.32 Å². The van der Waals surface area contributed by atoms with Crippen molar-refractivity contribution in [1.29, 1.82) is 0 Å². The molecule has 4 aromatic rings. The van der Waals surface area contributed by atoms with Crippen molar-refractivity contribution in [2.75, 3.05) is 22.5 Å². The predicted octanol–water partition coefficient (Wildman–Crippen LogP) is 6.48. The highest BCUT2D eigenvalue weighted by Gasteiger charge is 2.37. The molecule has 0 radical (unpaired) electrons. The van der Waals surface area contributed by atoms with Gasteiger partial charge in [0.05, 0.1) is 21.3 Å². The monoisotopic (exact) mass is 532 g/mol. The number of anilines is 3. The number of thiazole rings is 1. The van der Waals surface area contributed by atoms with Crippen LogP contribution in [0, 0.1) is 0 Å². The number of thiophene rings is 1. The summed E-state index contributed by atoms with van der Waals surface area (Å²) in [4.78, 5) is 25.3. The number of hydrogen-bond donors (Lipinski definition) is 3. The Balaban J connectivity index is 1.36. The summed E-state index contributed by atoms with van der Waals surface area (Å²) < 4.78 is 78.8. The molecule has 0 aliphatic heterocycles. The number of amides is 2. The maximum absolute atomic E-state index is 13.0. The van der Waals surface area contributed by atoms with Crippen molar-refractivity contribution in [3.8, 4) is 0 Å². The fraction of sp³-hybridized carbons (Fsp3) is 0.200. The Hall–Kier alpha value is -3.46. The van der Waals surface area contributed by atoms with Crippen LogP contribution in [0.5, 0.6) is 0 Å². The van der Waals surface area contributed by atoms with Crippen molar-refractivity contribution in [3.63, 3.8) is 0 Å². The first kappa shape index (κ1) is 24.7. The molecule has 1 aromatic carbocycles. The summed E-state index contributed by atoms with van der Waals surface area (Å²) in [5.41, 5.74) is -2.90. The lowest BCUT2D eigenvalue weighted by molar-refractivity contribution is -0.143. The zero-order chi connectivity index (χ0) is 25.2. The highest BCUT2D eigenvalue weighted by Crippen LogP contribution is 2.37. The lowest BCUT2D eigenvalue weighted by Gasteiger charge is -2.14. The molecule has 0 aliphatic carbocycles. The largest absolute Gasteiger partial charge is 0.416 e. The summed E-state index contributed by atoms with van der Waals surface area (Å²) in [6, 6.07) is 1.67. The van der Waals surface area contributed by atoms with Gasteiger partial charge in [-0.2, -0.15) is 26.3 Å². The fourth-order valence-corrected chi connectivity index (χ4v) is 4.60. The number of urea groups is 1. The number of carbonyl (C=O) groups excluding carboxylic acids is 1. The molecule has 0 spiro atoms. The molecule has 0 atom stereocenters. The maximum Gasteiger partial charge on any atom is 0.416 e. The van der Waals surface area contributed by atoms with Crippen LogP contribution in [0.2, 0.25) is 0 Å². The van der Waals surface area contributed by atoms with Crippen molar-refractivity contribution in [2.24, 2.45) is 0 Å². The molecule has 3 heterocycles. The molecule has 3 N–H and O–H groups in total. The number of aromatic nitrogens is 3. The van der Waals surface area contributed by atoms with Crippen molar-refractivity contribution >= 4 is 55.6 Å². The lowest BCUT2D eigenvalue weighted by Crippen LogP contribution is -2.20. The molecule has 35 heavy (non-hydrogen) atoms. The smallest absolute Gasteiger partial charge is 0.368 e. The number of fused-ring (bicyclic) bond motifs is 1. The molecule has 3 aromatic heterocycles. The zero-order valence-corrected chi connectivity index (χ0v) is 18.9. The standard InChI is InChI=1S/C20H14F6N6OS2/c21-19(22,23)10-5-11(20(24,25)26)7-12(6-10)31-17(33)32-18-28-8-13(35-18)1-3-27-16-15-14(2-4-34-15)29-9-30-16/h2,4-9H,1,3H2,(H,27,29,30)(H2,28,31,32,33). The SMILES string of the molecule is O=C(Nc1cc(C(F)(F)F)cc(C(F)(F)F)c1)Nc1ncc(CCNc2ncnc3ccsc23)s1. The van der Waals surface area contributed by atoms with Gasteiger partial charge in [-0.15, -0.1) is 22.7 Å². The quantitative estimate of drug-likeness (QED) is 0.247. The molecule has 0 bridgehead atoms. The summed E-state index contributed by atoms with van der Waals surface area (Å²) in [5.74, 6) is 0.687. The second-order valence-corrected chi connectivity index (χ2v) is 9.07. The topological polar surface area (TPSA) is 91.8 Å². The van der Waals surface area contributed by atoms with E-state index in [9.17, 15) is 31.1 Å². The van der Waals surface area contributed by atoms with Crippen LogP contribution in [0.15, 0.2) is 42.2 Å². The van der Waals surface area contributed by atoms with E-state index in [1.165, 1.54) is 23.9 Å². The number of hydrogen-bond acceptors (Lipinski definition) is 7. The highest BCUT2D eigenvalue weighted by molar-refractivity contribution is 7.17. The average molecular weight is 532 g/mol. The second kappa shape index (κ2) is 9.65. The minimum absolute atomic E-state index is 0.0187. The molecular weight excluding hydrogens is 518 g/mol. The molecule has 7 nitrogen and oxygen atoms in total. The van der Waals surface area contributed by atoms with Crippen LogP contribution < -0.4 is 16.0 Å². The number of benzene rings is 1. The number of nitrogens with one attached hydrogen (secondary N) is 3. The van der Waals surface area contributed by atoms with Gasteiger partial charge in [0.15, 0.2) is 5.13 Å². The Morgan fingerprint density at radius 2 is 1.66 bits per heavy atom. The van der Waals surface area contributed by atoms with Crippen molar-refractivity contribution in [2.45, 2.75) is 18.8 Å². The van der Waals surface area contributed by atoms with E-state index in [4.69, 9.17) is 0 Å². The van der Waals surface area contributed by atoms with E-state index in [-0.39, 0.29) is 11.2 Å². The van der Waals surface area contributed by atoms with Gasteiger partial charge in [-0.05, 0) is 29.6 Å². The third-order valence-electron chi connectivity index (χ3n) is 4.53. The fourth-order valence-electron chi connectivity index (χ4n) is 2.99. The average Bonchev–Trinajstić information content (AvgIpc) is 3.42. The van der Waals surface area contributed by atoms with Crippen molar-refractivity contribution < 1.29 is 31.1 Å². The van der Waals surface area contributed by atoms with Gasteiger partial charge in [0, 0.05) is 29.7 Å². The van der Waals surface area contributed by atoms with Crippen molar-refractivity contribution in [3.05, 3.63) is 58.2 Å². The van der Waals surface area contributed by atoms with E-state index < -0.39 is 35.2 Å². The second-order valence-electron chi connectivity index (χ2n) is 7.04. The maximum atomic E-state index is 13.0. The Labute approximate surface area is 201 Å². The molecular formula is C20H14F6N6OS2. The molecule has 184 valence electrons. The Morgan fingerprint density at radius 1 is 0.943 bits per heavy atom. The van der Waals surface area contributed by atoms with E-state index in [0.29, 0.717) is 30.9 Å². The predicted molar refractivity (Wildman–Crippen MR) is 121 cm³/mol. The van der Waals surface area contributed by atoms with E-state index in [1.54, 1.807) is 0 Å². The van der Waals surface area contributed by atoms with Gasteiger partial charge < -0.3 is 10.6 Å². The summed E-state index contributed by atoms with van der Waals surface area (Å²) in [6.07, 6.45) is -6.55. The first-order valence-corrected chi connectivity index (χ1v) is 11.4. The Morgan fingerprint density at radius 3 is 2.34 bits per heavy atom. The number of nitrogens with zero attached hydrogens (tertiary/aromatic N) is 3. The van der Waals surface area contributed by atoms with Gasteiger partial charge >= 0.3 is 18.4 Å². The zero-order valence-electron chi connectivity index (χ0n) is 17.3. The Kier molecular flexibility index (Phi) is 6.80. The van der Waals surface area contributed by atoms with E-state index in [1.807, 2.05) is 16.8 Å². The van der Waals surface area contributed by atoms with Crippen LogP contribution in [0.1, 0.15) is 16.0 Å². The minimum atomic E-state index is -5.02. The number of alkyl halides is 6. The summed E-state index contributed by atoms with van der Waals surface area (Å²) in [5, 5.41) is 9.53. The molecule has 2 amide bonds. The molecule has 15 heteroatoms. The van der Waals surface area contributed by atoms with E-state index in [2.05, 4.69) is 25.6 Å². The van der Waals surface area contributed by atoms with E-state index in [0.717, 1.165) is 26.4 Å². The molecule has 0 saturated heterocycles. The van der Waals surface area contributed by atoms with Crippen LogP contribution in [0.4, 0.5) is 47.8 Å². The number of halogens is 6. The Bertz CT molecular complexity index is 1320. The van der Waals surface area contributed by atoms with Crippen LogP contribution in [-0.4, -0.2) is 27.5 Å². The summed E-state index contributed by atoms with van der Waals surface area (Å²) in [7, 11) is 0. The number of rotatable bonds is 6. The van der Waals surface area contributed by atoms with Crippen LogP contribution in [-0.2, 0) is 18.8 Å². The normalized spacial score (nSPS) is 12.1. The van der Waals surface area contributed by atoms with Crippen LogP contribution in [0.3, 0.4) is 0 Å². The number of carbonyl (C=O) groups is 1. The molecule has 0 aliphatic rings. The molecule has 0 fully saturated rings. The third-order valence-corrected chi connectivity index (χ3v) is 6.41. The van der Waals surface area contributed by atoms with Gasteiger partial charge in [-0.1, -0.05) is 0 Å². The van der Waals surface area contributed by atoms with Gasteiger partial charge in [0.2, 0.25) is 0 Å². The van der Waals surface area contributed by atoms with Crippen LogP contribution >= 0.6 is 22.7 Å².